The SMILES string of the molecule is CC.CC1CC(O)CC(O)C1. The van der Waals surface area contributed by atoms with Gasteiger partial charge in [0.2, 0.25) is 0 Å². The number of hydrogen-bond donors (Lipinski definition) is 2. The van der Waals surface area contributed by atoms with Crippen molar-refractivity contribution in [3.05, 3.63) is 0 Å². The van der Waals surface area contributed by atoms with Crippen LogP contribution in [0.25, 0.3) is 0 Å². The Hall–Kier alpha value is -0.0800. The van der Waals surface area contributed by atoms with E-state index >= 15 is 0 Å². The van der Waals surface area contributed by atoms with Gasteiger partial charge in [0.25, 0.3) is 0 Å². The van der Waals surface area contributed by atoms with Crippen LogP contribution in [0.3, 0.4) is 0 Å². The largest absolute Gasteiger partial charge is 0.393 e. The summed E-state index contributed by atoms with van der Waals surface area (Å²) in [6, 6.07) is 0. The maximum Gasteiger partial charge on any atom is 0.0567 e. The lowest BCUT2D eigenvalue weighted by molar-refractivity contribution is 0.0186. The molecule has 0 aromatic carbocycles. The first-order valence-electron chi connectivity index (χ1n) is 4.54. The molecule has 0 amide bonds. The summed E-state index contributed by atoms with van der Waals surface area (Å²) >= 11 is 0. The Kier molecular flexibility index (Phi) is 5.51. The maximum atomic E-state index is 9.09. The zero-order valence-corrected chi connectivity index (χ0v) is 7.75. The topological polar surface area (TPSA) is 40.5 Å². The van der Waals surface area contributed by atoms with E-state index in [2.05, 4.69) is 6.92 Å². The van der Waals surface area contributed by atoms with Crippen LogP contribution in [0.2, 0.25) is 0 Å². The molecule has 0 aromatic heterocycles. The molecule has 11 heavy (non-hydrogen) atoms. The number of hydrogen-bond acceptors (Lipinski definition) is 2. The lowest BCUT2D eigenvalue weighted by Gasteiger charge is -2.26. The third-order valence-electron chi connectivity index (χ3n) is 1.89. The highest BCUT2D eigenvalue weighted by Gasteiger charge is 2.22. The van der Waals surface area contributed by atoms with Crippen LogP contribution < -0.4 is 0 Å². The van der Waals surface area contributed by atoms with E-state index in [1.54, 1.807) is 0 Å². The summed E-state index contributed by atoms with van der Waals surface area (Å²) in [7, 11) is 0. The fourth-order valence-corrected chi connectivity index (χ4v) is 1.53. The lowest BCUT2D eigenvalue weighted by Crippen LogP contribution is -2.28. The normalized spacial score (nSPS) is 37.4. The van der Waals surface area contributed by atoms with E-state index in [1.807, 2.05) is 13.8 Å². The van der Waals surface area contributed by atoms with Gasteiger partial charge in [-0.1, -0.05) is 20.8 Å². The van der Waals surface area contributed by atoms with Gasteiger partial charge in [-0.3, -0.25) is 0 Å². The Balaban J connectivity index is 0.000000461. The second-order valence-corrected chi connectivity index (χ2v) is 3.12. The van der Waals surface area contributed by atoms with Crippen molar-refractivity contribution >= 4 is 0 Å². The van der Waals surface area contributed by atoms with E-state index in [-0.39, 0.29) is 12.2 Å². The van der Waals surface area contributed by atoms with Crippen LogP contribution >= 0.6 is 0 Å². The molecule has 2 N–H and O–H groups in total. The molecule has 0 bridgehead atoms. The summed E-state index contributed by atoms with van der Waals surface area (Å²) in [6.07, 6.45) is 1.77. The Bertz CT molecular complexity index is 68.5. The Morgan fingerprint density at radius 3 is 1.55 bits per heavy atom. The number of rotatable bonds is 0. The second-order valence-electron chi connectivity index (χ2n) is 3.12. The predicted molar refractivity (Wildman–Crippen MR) is 46.4 cm³/mol. The molecule has 2 nitrogen and oxygen atoms in total. The molecule has 1 aliphatic rings. The van der Waals surface area contributed by atoms with Crippen LogP contribution in [0.5, 0.6) is 0 Å². The molecule has 0 spiro atoms. The minimum absolute atomic E-state index is 0.260. The monoisotopic (exact) mass is 160 g/mol. The van der Waals surface area contributed by atoms with Gasteiger partial charge in [0, 0.05) is 0 Å². The molecule has 0 aromatic rings. The molecule has 2 unspecified atom stereocenters. The van der Waals surface area contributed by atoms with Gasteiger partial charge in [0.15, 0.2) is 0 Å². The van der Waals surface area contributed by atoms with Crippen LogP contribution in [0.1, 0.15) is 40.0 Å². The fourth-order valence-electron chi connectivity index (χ4n) is 1.53. The van der Waals surface area contributed by atoms with Gasteiger partial charge in [-0.2, -0.15) is 0 Å². The summed E-state index contributed by atoms with van der Waals surface area (Å²) in [5.74, 6) is 0.490. The number of aliphatic hydroxyl groups excluding tert-OH is 2. The van der Waals surface area contributed by atoms with Crippen molar-refractivity contribution in [2.75, 3.05) is 0 Å². The average molecular weight is 160 g/mol. The first-order valence-corrected chi connectivity index (χ1v) is 4.54. The van der Waals surface area contributed by atoms with Crippen molar-refractivity contribution < 1.29 is 10.2 Å². The second kappa shape index (κ2) is 5.56. The summed E-state index contributed by atoms with van der Waals surface area (Å²) in [5, 5.41) is 18.2. The van der Waals surface area contributed by atoms with E-state index in [1.165, 1.54) is 0 Å². The van der Waals surface area contributed by atoms with Crippen molar-refractivity contribution in [3.8, 4) is 0 Å². The molecule has 1 saturated carbocycles. The molecule has 1 aliphatic carbocycles. The Labute approximate surface area is 69.2 Å². The van der Waals surface area contributed by atoms with Gasteiger partial charge in [0.05, 0.1) is 12.2 Å². The minimum atomic E-state index is -0.260. The molecule has 0 radical (unpaired) electrons. The molecule has 0 aliphatic heterocycles. The van der Waals surface area contributed by atoms with E-state index in [4.69, 9.17) is 10.2 Å². The van der Waals surface area contributed by atoms with Gasteiger partial charge in [0.1, 0.15) is 0 Å². The molecule has 2 atom stereocenters. The first-order chi connectivity index (χ1) is 5.18. The maximum absolute atomic E-state index is 9.09. The van der Waals surface area contributed by atoms with E-state index in [0.29, 0.717) is 12.3 Å². The van der Waals surface area contributed by atoms with Crippen molar-refractivity contribution in [2.24, 2.45) is 5.92 Å². The van der Waals surface area contributed by atoms with E-state index in [9.17, 15) is 0 Å². The van der Waals surface area contributed by atoms with Crippen molar-refractivity contribution in [3.63, 3.8) is 0 Å². The first kappa shape index (κ1) is 10.9. The summed E-state index contributed by atoms with van der Waals surface area (Å²) < 4.78 is 0. The molecule has 0 saturated heterocycles. The van der Waals surface area contributed by atoms with Gasteiger partial charge in [-0.15, -0.1) is 0 Å². The summed E-state index contributed by atoms with van der Waals surface area (Å²) in [5.41, 5.74) is 0. The van der Waals surface area contributed by atoms with E-state index in [0.717, 1.165) is 12.8 Å². The molecule has 0 heterocycles. The summed E-state index contributed by atoms with van der Waals surface area (Å²) in [6.45, 7) is 6.06. The zero-order chi connectivity index (χ0) is 8.85. The highest BCUT2D eigenvalue weighted by molar-refractivity contribution is 4.74. The molecule has 2 heteroatoms. The number of aliphatic hydroxyl groups is 2. The highest BCUT2D eigenvalue weighted by Crippen LogP contribution is 2.23. The molecule has 1 rings (SSSR count). The van der Waals surface area contributed by atoms with Gasteiger partial charge < -0.3 is 10.2 Å². The van der Waals surface area contributed by atoms with Crippen LogP contribution in [0, 0.1) is 5.92 Å². The molecule has 68 valence electrons. The Morgan fingerprint density at radius 2 is 1.27 bits per heavy atom. The van der Waals surface area contributed by atoms with Gasteiger partial charge >= 0.3 is 0 Å². The lowest BCUT2D eigenvalue weighted by atomic mass is 9.87. The minimum Gasteiger partial charge on any atom is -0.393 e. The van der Waals surface area contributed by atoms with Crippen LogP contribution in [0.15, 0.2) is 0 Å². The third-order valence-corrected chi connectivity index (χ3v) is 1.89. The van der Waals surface area contributed by atoms with Gasteiger partial charge in [-0.25, -0.2) is 0 Å². The smallest absolute Gasteiger partial charge is 0.0567 e. The van der Waals surface area contributed by atoms with Crippen molar-refractivity contribution in [1.29, 1.82) is 0 Å². The standard InChI is InChI=1S/C7H14O2.C2H6/c1-5-2-6(8)4-7(9)3-5;1-2/h5-9H,2-4H2,1H3;1-2H3. The molecular formula is C9H20O2. The quantitative estimate of drug-likeness (QED) is 0.564. The average Bonchev–Trinajstić information content (AvgIpc) is 1.88. The van der Waals surface area contributed by atoms with Crippen LogP contribution in [0.4, 0.5) is 0 Å². The fraction of sp³-hybridized carbons (Fsp3) is 1.00. The zero-order valence-electron chi connectivity index (χ0n) is 7.75. The van der Waals surface area contributed by atoms with Crippen LogP contribution in [-0.4, -0.2) is 22.4 Å². The molecule has 1 fully saturated rings. The highest BCUT2D eigenvalue weighted by atomic mass is 16.3. The van der Waals surface area contributed by atoms with Crippen LogP contribution in [-0.2, 0) is 0 Å². The molecular weight excluding hydrogens is 140 g/mol. The third kappa shape index (κ3) is 4.38. The summed E-state index contributed by atoms with van der Waals surface area (Å²) in [4.78, 5) is 0. The van der Waals surface area contributed by atoms with Gasteiger partial charge in [-0.05, 0) is 25.2 Å². The predicted octanol–water partition coefficient (Wildman–Crippen LogP) is 1.55. The Morgan fingerprint density at radius 1 is 0.909 bits per heavy atom. The van der Waals surface area contributed by atoms with Crippen molar-refractivity contribution in [1.82, 2.24) is 0 Å². The van der Waals surface area contributed by atoms with Crippen molar-refractivity contribution in [2.45, 2.75) is 52.2 Å². The van der Waals surface area contributed by atoms with E-state index < -0.39 is 0 Å².